The molecule has 2 unspecified atom stereocenters. The maximum absolute atomic E-state index is 10.7. The van der Waals surface area contributed by atoms with Gasteiger partial charge in [-0.05, 0) is 44.4 Å². The fraction of sp³-hybridized carbons (Fsp3) is 0.615. The smallest absolute Gasteiger partial charge is 0.371 e. The molecule has 1 N–H and O–H groups in total. The third kappa shape index (κ3) is 2.88. The van der Waals surface area contributed by atoms with E-state index in [0.717, 1.165) is 18.2 Å². The summed E-state index contributed by atoms with van der Waals surface area (Å²) in [6.45, 7) is 6.27. The average molecular weight is 237 g/mol. The second kappa shape index (κ2) is 4.92. The predicted octanol–water partition coefficient (Wildman–Crippen LogP) is 2.60. The summed E-state index contributed by atoms with van der Waals surface area (Å²) < 4.78 is 5.28. The van der Waals surface area contributed by atoms with E-state index in [1.165, 1.54) is 18.9 Å². The van der Waals surface area contributed by atoms with Crippen LogP contribution in [-0.2, 0) is 6.54 Å². The van der Waals surface area contributed by atoms with Gasteiger partial charge in [-0.25, -0.2) is 4.79 Å². The van der Waals surface area contributed by atoms with Crippen molar-refractivity contribution in [2.75, 3.05) is 6.54 Å². The second-order valence-electron chi connectivity index (χ2n) is 5.02. The SMILES string of the molecule is CC1CCN(Cc2ccc(C(=O)O)o2)C(C)C1. The summed E-state index contributed by atoms with van der Waals surface area (Å²) in [6, 6.07) is 3.82. The first-order valence-electron chi connectivity index (χ1n) is 6.12. The zero-order chi connectivity index (χ0) is 12.4. The molecule has 0 radical (unpaired) electrons. The van der Waals surface area contributed by atoms with Crippen LogP contribution >= 0.6 is 0 Å². The van der Waals surface area contributed by atoms with Crippen LogP contribution < -0.4 is 0 Å². The Hall–Kier alpha value is -1.29. The molecule has 4 heteroatoms. The molecular weight excluding hydrogens is 218 g/mol. The van der Waals surface area contributed by atoms with Crippen molar-refractivity contribution in [3.63, 3.8) is 0 Å². The lowest BCUT2D eigenvalue weighted by Crippen LogP contribution is -2.39. The number of hydrogen-bond acceptors (Lipinski definition) is 3. The standard InChI is InChI=1S/C13H19NO3/c1-9-5-6-14(10(2)7-9)8-11-3-4-12(17-11)13(15)16/h3-4,9-10H,5-8H2,1-2H3,(H,15,16). The van der Waals surface area contributed by atoms with Crippen molar-refractivity contribution in [3.8, 4) is 0 Å². The molecule has 0 bridgehead atoms. The molecule has 1 aromatic heterocycles. The van der Waals surface area contributed by atoms with Gasteiger partial charge in [-0.15, -0.1) is 0 Å². The molecule has 1 aliphatic rings. The van der Waals surface area contributed by atoms with Crippen molar-refractivity contribution in [2.24, 2.45) is 5.92 Å². The molecule has 0 aliphatic carbocycles. The number of carboxylic acid groups (broad SMARTS) is 1. The molecule has 2 atom stereocenters. The number of nitrogens with zero attached hydrogens (tertiary/aromatic N) is 1. The lowest BCUT2D eigenvalue weighted by Gasteiger charge is -2.35. The van der Waals surface area contributed by atoms with Crippen molar-refractivity contribution in [1.82, 2.24) is 4.90 Å². The topological polar surface area (TPSA) is 53.7 Å². The van der Waals surface area contributed by atoms with Crippen LogP contribution in [0.2, 0.25) is 0 Å². The molecule has 94 valence electrons. The Morgan fingerprint density at radius 1 is 1.53 bits per heavy atom. The first kappa shape index (κ1) is 12.2. The van der Waals surface area contributed by atoms with Crippen molar-refractivity contribution < 1.29 is 14.3 Å². The number of rotatable bonds is 3. The molecule has 0 aromatic carbocycles. The average Bonchev–Trinajstić information content (AvgIpc) is 2.71. The third-order valence-electron chi connectivity index (χ3n) is 3.51. The van der Waals surface area contributed by atoms with Crippen LogP contribution in [0.4, 0.5) is 0 Å². The highest BCUT2D eigenvalue weighted by atomic mass is 16.4. The van der Waals surface area contributed by atoms with Crippen molar-refractivity contribution in [2.45, 2.75) is 39.3 Å². The summed E-state index contributed by atoms with van der Waals surface area (Å²) in [5.41, 5.74) is 0. The normalized spacial score (nSPS) is 26.0. The Kier molecular flexibility index (Phi) is 3.52. The molecule has 1 aliphatic heterocycles. The largest absolute Gasteiger partial charge is 0.475 e. The molecule has 1 fully saturated rings. The Balaban J connectivity index is 1.98. The van der Waals surface area contributed by atoms with Gasteiger partial charge >= 0.3 is 5.97 Å². The minimum Gasteiger partial charge on any atom is -0.475 e. The highest BCUT2D eigenvalue weighted by molar-refractivity contribution is 5.84. The van der Waals surface area contributed by atoms with Crippen LogP contribution in [0.5, 0.6) is 0 Å². The highest BCUT2D eigenvalue weighted by Crippen LogP contribution is 2.24. The fourth-order valence-corrected chi connectivity index (χ4v) is 2.47. The van der Waals surface area contributed by atoms with Crippen molar-refractivity contribution in [1.29, 1.82) is 0 Å². The lowest BCUT2D eigenvalue weighted by atomic mass is 9.93. The van der Waals surface area contributed by atoms with E-state index < -0.39 is 5.97 Å². The fourth-order valence-electron chi connectivity index (χ4n) is 2.47. The minimum absolute atomic E-state index is 0.0260. The third-order valence-corrected chi connectivity index (χ3v) is 3.51. The van der Waals surface area contributed by atoms with E-state index in [1.54, 1.807) is 6.07 Å². The van der Waals surface area contributed by atoms with Crippen molar-refractivity contribution in [3.05, 3.63) is 23.7 Å². The summed E-state index contributed by atoms with van der Waals surface area (Å²) in [5.74, 6) is 0.547. The van der Waals surface area contributed by atoms with Crippen LogP contribution in [0.1, 0.15) is 43.0 Å². The van der Waals surface area contributed by atoms with E-state index >= 15 is 0 Å². The summed E-state index contributed by atoms with van der Waals surface area (Å²) in [4.78, 5) is 13.1. The Bertz CT molecular complexity index is 399. The maximum atomic E-state index is 10.7. The van der Waals surface area contributed by atoms with E-state index in [9.17, 15) is 4.79 Å². The van der Waals surface area contributed by atoms with E-state index in [4.69, 9.17) is 9.52 Å². The van der Waals surface area contributed by atoms with Crippen LogP contribution in [0.25, 0.3) is 0 Å². The summed E-state index contributed by atoms with van der Waals surface area (Å²) in [5, 5.41) is 8.78. The molecule has 2 rings (SSSR count). The van der Waals surface area contributed by atoms with Gasteiger partial charge in [0.2, 0.25) is 5.76 Å². The number of likely N-dealkylation sites (tertiary alicyclic amines) is 1. The van der Waals surface area contributed by atoms with Crippen LogP contribution in [0.15, 0.2) is 16.5 Å². The van der Waals surface area contributed by atoms with E-state index in [1.807, 2.05) is 0 Å². The van der Waals surface area contributed by atoms with Crippen LogP contribution in [-0.4, -0.2) is 28.6 Å². The Morgan fingerprint density at radius 2 is 2.29 bits per heavy atom. The molecule has 0 saturated carbocycles. The van der Waals surface area contributed by atoms with Gasteiger partial charge < -0.3 is 9.52 Å². The Labute approximate surface area is 101 Å². The number of hydrogen-bond donors (Lipinski definition) is 1. The maximum Gasteiger partial charge on any atom is 0.371 e. The zero-order valence-corrected chi connectivity index (χ0v) is 10.3. The zero-order valence-electron chi connectivity index (χ0n) is 10.3. The molecule has 1 aromatic rings. The van der Waals surface area contributed by atoms with Crippen LogP contribution in [0.3, 0.4) is 0 Å². The minimum atomic E-state index is -1.00. The van der Waals surface area contributed by atoms with Gasteiger partial charge in [0.25, 0.3) is 0 Å². The molecule has 2 heterocycles. The highest BCUT2D eigenvalue weighted by Gasteiger charge is 2.23. The number of carboxylic acids is 1. The van der Waals surface area contributed by atoms with Gasteiger partial charge in [0.15, 0.2) is 0 Å². The first-order valence-corrected chi connectivity index (χ1v) is 6.12. The number of piperidine rings is 1. The number of carbonyl (C=O) groups is 1. The van der Waals surface area contributed by atoms with Gasteiger partial charge in [-0.1, -0.05) is 6.92 Å². The summed E-state index contributed by atoms with van der Waals surface area (Å²) in [6.07, 6.45) is 2.41. The molecule has 4 nitrogen and oxygen atoms in total. The molecule has 1 saturated heterocycles. The number of aromatic carboxylic acids is 1. The van der Waals surface area contributed by atoms with E-state index in [2.05, 4.69) is 18.7 Å². The van der Waals surface area contributed by atoms with Gasteiger partial charge in [0.05, 0.1) is 6.54 Å². The van der Waals surface area contributed by atoms with Crippen LogP contribution in [0, 0.1) is 5.92 Å². The first-order chi connectivity index (χ1) is 8.06. The number of furan rings is 1. The quantitative estimate of drug-likeness (QED) is 0.878. The molecule has 17 heavy (non-hydrogen) atoms. The molecular formula is C13H19NO3. The molecule has 0 spiro atoms. The second-order valence-corrected chi connectivity index (χ2v) is 5.02. The van der Waals surface area contributed by atoms with Crippen molar-refractivity contribution >= 4 is 5.97 Å². The van der Waals surface area contributed by atoms with Gasteiger partial charge in [-0.2, -0.15) is 0 Å². The predicted molar refractivity (Wildman–Crippen MR) is 63.9 cm³/mol. The van der Waals surface area contributed by atoms with E-state index in [-0.39, 0.29) is 5.76 Å². The lowest BCUT2D eigenvalue weighted by molar-refractivity contribution is 0.0654. The van der Waals surface area contributed by atoms with E-state index in [0.29, 0.717) is 12.6 Å². The summed E-state index contributed by atoms with van der Waals surface area (Å²) >= 11 is 0. The molecule has 0 amide bonds. The van der Waals surface area contributed by atoms with Gasteiger partial charge in [-0.3, -0.25) is 4.90 Å². The summed E-state index contributed by atoms with van der Waals surface area (Å²) in [7, 11) is 0. The Morgan fingerprint density at radius 3 is 2.88 bits per heavy atom. The monoisotopic (exact) mass is 237 g/mol. The van der Waals surface area contributed by atoms with Gasteiger partial charge in [0.1, 0.15) is 5.76 Å². The van der Waals surface area contributed by atoms with Gasteiger partial charge in [0, 0.05) is 6.04 Å².